The smallest absolute Gasteiger partial charge is 0.255 e. The number of carbonyl (C=O) groups is 1. The van der Waals surface area contributed by atoms with Gasteiger partial charge in [-0.1, -0.05) is 29.8 Å². The van der Waals surface area contributed by atoms with Gasteiger partial charge in [0, 0.05) is 30.5 Å². The maximum absolute atomic E-state index is 12.9. The van der Waals surface area contributed by atoms with Gasteiger partial charge in [0.2, 0.25) is 0 Å². The van der Waals surface area contributed by atoms with Crippen molar-refractivity contribution in [1.29, 1.82) is 0 Å². The highest BCUT2D eigenvalue weighted by Crippen LogP contribution is 2.27. The number of nitrogens with zero attached hydrogens (tertiary/aromatic N) is 1. The van der Waals surface area contributed by atoms with Gasteiger partial charge < -0.3 is 15.2 Å². The molecular weight excluding hydrogens is 286 g/mol. The van der Waals surface area contributed by atoms with Gasteiger partial charge >= 0.3 is 0 Å². The first-order valence-electron chi connectivity index (χ1n) is 8.52. The van der Waals surface area contributed by atoms with Gasteiger partial charge in [-0.05, 0) is 44.4 Å². The molecular formula is C19H23N3O. The summed E-state index contributed by atoms with van der Waals surface area (Å²) in [5.74, 6) is 0.165. The fourth-order valence-corrected chi connectivity index (χ4v) is 3.90. The molecule has 3 heterocycles. The predicted octanol–water partition coefficient (Wildman–Crippen LogP) is 2.96. The molecule has 2 unspecified atom stereocenters. The van der Waals surface area contributed by atoms with Crippen LogP contribution in [0.15, 0.2) is 36.5 Å². The lowest BCUT2D eigenvalue weighted by Crippen LogP contribution is -2.50. The fourth-order valence-electron chi connectivity index (χ4n) is 3.90. The average molecular weight is 309 g/mol. The van der Waals surface area contributed by atoms with Crippen LogP contribution < -0.4 is 5.32 Å². The van der Waals surface area contributed by atoms with E-state index in [0.29, 0.717) is 12.1 Å². The summed E-state index contributed by atoms with van der Waals surface area (Å²) in [4.78, 5) is 18.3. The Morgan fingerprint density at radius 3 is 2.87 bits per heavy atom. The number of hydrogen-bond donors (Lipinski definition) is 2. The van der Waals surface area contributed by atoms with Crippen molar-refractivity contribution in [2.75, 3.05) is 13.1 Å². The minimum absolute atomic E-state index is 0.165. The Bertz CT molecular complexity index is 704. The van der Waals surface area contributed by atoms with Crippen LogP contribution in [0, 0.1) is 6.92 Å². The molecule has 1 aromatic heterocycles. The fraction of sp³-hybridized carbons (Fsp3) is 0.421. The number of likely N-dealkylation sites (tertiary alicyclic amines) is 1. The molecule has 2 aliphatic rings. The van der Waals surface area contributed by atoms with Crippen LogP contribution in [-0.4, -0.2) is 41.0 Å². The maximum atomic E-state index is 12.9. The molecule has 0 radical (unpaired) electrons. The molecule has 1 amide bonds. The van der Waals surface area contributed by atoms with E-state index >= 15 is 0 Å². The Labute approximate surface area is 136 Å². The van der Waals surface area contributed by atoms with Gasteiger partial charge in [-0.2, -0.15) is 0 Å². The van der Waals surface area contributed by atoms with Gasteiger partial charge in [0.05, 0.1) is 5.56 Å². The Morgan fingerprint density at radius 2 is 2.04 bits per heavy atom. The van der Waals surface area contributed by atoms with Gasteiger partial charge in [0.1, 0.15) is 0 Å². The van der Waals surface area contributed by atoms with E-state index in [1.807, 2.05) is 12.3 Å². The van der Waals surface area contributed by atoms with E-state index in [1.54, 1.807) is 0 Å². The largest absolute Gasteiger partial charge is 0.360 e. The molecule has 2 fully saturated rings. The summed E-state index contributed by atoms with van der Waals surface area (Å²) in [6, 6.07) is 11.2. The standard InChI is InChI=1S/C19H23N3O/c1-13-4-6-14(7-5-13)17-11-15(12-21-17)19(23)22-10-2-3-16-18(22)8-9-20-16/h4-7,11-12,16,18,20-21H,2-3,8-10H2,1H3. The zero-order chi connectivity index (χ0) is 15.8. The second-order valence-corrected chi connectivity index (χ2v) is 6.73. The number of rotatable bonds is 2. The first-order valence-corrected chi connectivity index (χ1v) is 8.52. The van der Waals surface area contributed by atoms with E-state index in [0.717, 1.165) is 42.8 Å². The molecule has 120 valence electrons. The molecule has 0 saturated carbocycles. The van der Waals surface area contributed by atoms with Gasteiger partial charge in [-0.3, -0.25) is 4.79 Å². The number of hydrogen-bond acceptors (Lipinski definition) is 2. The molecule has 2 aliphatic heterocycles. The summed E-state index contributed by atoms with van der Waals surface area (Å²) in [6.07, 6.45) is 5.21. The summed E-state index contributed by atoms with van der Waals surface area (Å²) >= 11 is 0. The zero-order valence-electron chi connectivity index (χ0n) is 13.5. The number of nitrogens with one attached hydrogen (secondary N) is 2. The third-order valence-corrected chi connectivity index (χ3v) is 5.18. The van der Waals surface area contributed by atoms with E-state index in [2.05, 4.69) is 46.4 Å². The molecule has 0 bridgehead atoms. The zero-order valence-corrected chi connectivity index (χ0v) is 13.5. The van der Waals surface area contributed by atoms with E-state index in [4.69, 9.17) is 0 Å². The number of aryl methyl sites for hydroxylation is 1. The van der Waals surface area contributed by atoms with Crippen LogP contribution in [0.5, 0.6) is 0 Å². The van der Waals surface area contributed by atoms with E-state index < -0.39 is 0 Å². The molecule has 0 aliphatic carbocycles. The molecule has 2 saturated heterocycles. The number of piperidine rings is 1. The van der Waals surface area contributed by atoms with Crippen molar-refractivity contribution in [1.82, 2.24) is 15.2 Å². The van der Waals surface area contributed by atoms with Gasteiger partial charge in [-0.25, -0.2) is 0 Å². The number of amides is 1. The quantitative estimate of drug-likeness (QED) is 0.896. The molecule has 23 heavy (non-hydrogen) atoms. The molecule has 1 aromatic carbocycles. The first kappa shape index (κ1) is 14.5. The van der Waals surface area contributed by atoms with Crippen molar-refractivity contribution >= 4 is 5.91 Å². The molecule has 4 rings (SSSR count). The summed E-state index contributed by atoms with van der Waals surface area (Å²) in [6.45, 7) is 3.99. The van der Waals surface area contributed by atoms with Crippen molar-refractivity contribution in [2.24, 2.45) is 0 Å². The number of carbonyl (C=O) groups excluding carboxylic acids is 1. The summed E-state index contributed by atoms with van der Waals surface area (Å²) in [7, 11) is 0. The average Bonchev–Trinajstić information content (AvgIpc) is 3.23. The molecule has 4 heteroatoms. The van der Waals surface area contributed by atoms with Crippen LogP contribution in [0.3, 0.4) is 0 Å². The highest BCUT2D eigenvalue weighted by Gasteiger charge is 2.37. The summed E-state index contributed by atoms with van der Waals surface area (Å²) in [5, 5.41) is 3.53. The van der Waals surface area contributed by atoms with Crippen LogP contribution >= 0.6 is 0 Å². The Balaban J connectivity index is 1.56. The topological polar surface area (TPSA) is 48.1 Å². The second kappa shape index (κ2) is 5.85. The third kappa shape index (κ3) is 2.68. The van der Waals surface area contributed by atoms with Gasteiger partial charge in [-0.15, -0.1) is 0 Å². The van der Waals surface area contributed by atoms with E-state index in [1.165, 1.54) is 12.0 Å². The normalized spacial score (nSPS) is 23.8. The Morgan fingerprint density at radius 1 is 1.22 bits per heavy atom. The number of aromatic amines is 1. The lowest BCUT2D eigenvalue weighted by atomic mass is 9.96. The van der Waals surface area contributed by atoms with E-state index in [9.17, 15) is 4.79 Å². The van der Waals surface area contributed by atoms with Crippen LogP contribution in [0.2, 0.25) is 0 Å². The van der Waals surface area contributed by atoms with Crippen LogP contribution in [0.4, 0.5) is 0 Å². The third-order valence-electron chi connectivity index (χ3n) is 5.18. The van der Waals surface area contributed by atoms with E-state index in [-0.39, 0.29) is 5.91 Å². The monoisotopic (exact) mass is 309 g/mol. The lowest BCUT2D eigenvalue weighted by molar-refractivity contribution is 0.0600. The SMILES string of the molecule is Cc1ccc(-c2cc(C(=O)N3CCCC4NCCC43)c[nH]2)cc1. The molecule has 2 N–H and O–H groups in total. The Kier molecular flexibility index (Phi) is 3.69. The summed E-state index contributed by atoms with van der Waals surface area (Å²) in [5.41, 5.74) is 4.14. The van der Waals surface area contributed by atoms with Crippen molar-refractivity contribution in [3.63, 3.8) is 0 Å². The highest BCUT2D eigenvalue weighted by atomic mass is 16.2. The molecule has 0 spiro atoms. The maximum Gasteiger partial charge on any atom is 0.255 e. The Hall–Kier alpha value is -2.07. The van der Waals surface area contributed by atoms with Crippen molar-refractivity contribution in [2.45, 2.75) is 38.3 Å². The number of benzene rings is 1. The lowest BCUT2D eigenvalue weighted by Gasteiger charge is -2.37. The molecule has 4 nitrogen and oxygen atoms in total. The van der Waals surface area contributed by atoms with Gasteiger partial charge in [0.25, 0.3) is 5.91 Å². The van der Waals surface area contributed by atoms with Crippen molar-refractivity contribution in [3.8, 4) is 11.3 Å². The molecule has 2 atom stereocenters. The second-order valence-electron chi connectivity index (χ2n) is 6.73. The number of fused-ring (bicyclic) bond motifs is 1. The number of H-pyrrole nitrogens is 1. The minimum Gasteiger partial charge on any atom is -0.360 e. The highest BCUT2D eigenvalue weighted by molar-refractivity contribution is 5.95. The van der Waals surface area contributed by atoms with Crippen molar-refractivity contribution in [3.05, 3.63) is 47.7 Å². The number of aromatic nitrogens is 1. The molecule has 2 aromatic rings. The first-order chi connectivity index (χ1) is 11.2. The van der Waals surface area contributed by atoms with Crippen LogP contribution in [-0.2, 0) is 0 Å². The van der Waals surface area contributed by atoms with Crippen LogP contribution in [0.1, 0.15) is 35.2 Å². The van der Waals surface area contributed by atoms with Crippen LogP contribution in [0.25, 0.3) is 11.3 Å². The minimum atomic E-state index is 0.165. The van der Waals surface area contributed by atoms with Crippen molar-refractivity contribution < 1.29 is 4.79 Å². The summed E-state index contributed by atoms with van der Waals surface area (Å²) < 4.78 is 0. The van der Waals surface area contributed by atoms with Gasteiger partial charge in [0.15, 0.2) is 0 Å². The predicted molar refractivity (Wildman–Crippen MR) is 91.4 cm³/mol.